The molecule has 0 aromatic heterocycles. The first-order valence-corrected chi connectivity index (χ1v) is 4.46. The number of aliphatic hydroxyl groups is 1. The molecular formula is C11H11F3O2. The van der Waals surface area contributed by atoms with Crippen molar-refractivity contribution in [1.82, 2.24) is 0 Å². The van der Waals surface area contributed by atoms with E-state index in [0.29, 0.717) is 0 Å². The molecule has 1 rings (SSSR count). The maximum Gasteiger partial charge on any atom is 0.416 e. The molecule has 0 fully saturated rings. The number of benzene rings is 1. The Labute approximate surface area is 91.0 Å². The smallest absolute Gasteiger partial charge is 0.416 e. The third-order valence-corrected chi connectivity index (χ3v) is 2.10. The average molecular weight is 232 g/mol. The molecule has 0 aliphatic heterocycles. The van der Waals surface area contributed by atoms with Gasteiger partial charge in [0.25, 0.3) is 0 Å². The van der Waals surface area contributed by atoms with E-state index < -0.39 is 17.8 Å². The summed E-state index contributed by atoms with van der Waals surface area (Å²) in [6, 6.07) is 2.92. The fourth-order valence-electron chi connectivity index (χ4n) is 1.27. The van der Waals surface area contributed by atoms with Crippen LogP contribution in [0.5, 0.6) is 5.75 Å². The highest BCUT2D eigenvalue weighted by atomic mass is 19.4. The number of hydrogen-bond acceptors (Lipinski definition) is 2. The molecule has 0 aliphatic rings. The molecule has 0 heterocycles. The third kappa shape index (κ3) is 2.55. The maximum atomic E-state index is 12.4. The lowest BCUT2D eigenvalue weighted by Crippen LogP contribution is -2.07. The van der Waals surface area contributed by atoms with E-state index in [0.717, 1.165) is 18.2 Å². The van der Waals surface area contributed by atoms with Crippen LogP contribution in [0.2, 0.25) is 0 Å². The molecular weight excluding hydrogens is 221 g/mol. The number of alkyl halides is 3. The molecule has 0 spiro atoms. The number of hydrogen-bond donors (Lipinski definition) is 1. The Morgan fingerprint density at radius 2 is 2.06 bits per heavy atom. The normalized spacial score (nSPS) is 13.3. The Balaban J connectivity index is 3.26. The number of ether oxygens (including phenoxy) is 1. The highest BCUT2D eigenvalue weighted by molar-refractivity contribution is 5.41. The van der Waals surface area contributed by atoms with Crippen LogP contribution in [0, 0.1) is 0 Å². The molecule has 0 radical (unpaired) electrons. The largest absolute Gasteiger partial charge is 0.496 e. The van der Waals surface area contributed by atoms with Gasteiger partial charge < -0.3 is 9.84 Å². The predicted octanol–water partition coefficient (Wildman–Crippen LogP) is 2.93. The summed E-state index contributed by atoms with van der Waals surface area (Å²) in [5.41, 5.74) is -0.781. The first-order chi connectivity index (χ1) is 7.40. The number of rotatable bonds is 3. The van der Waals surface area contributed by atoms with Crippen molar-refractivity contribution in [3.05, 3.63) is 42.0 Å². The van der Waals surface area contributed by atoms with Crippen LogP contribution < -0.4 is 4.74 Å². The van der Waals surface area contributed by atoms with Gasteiger partial charge in [0.1, 0.15) is 11.9 Å². The first kappa shape index (κ1) is 12.6. The number of halogens is 3. The van der Waals surface area contributed by atoms with Gasteiger partial charge in [-0.15, -0.1) is 6.58 Å². The Kier molecular flexibility index (Phi) is 3.59. The van der Waals surface area contributed by atoms with E-state index >= 15 is 0 Å². The molecule has 1 N–H and O–H groups in total. The minimum absolute atomic E-state index is 0.0484. The molecule has 16 heavy (non-hydrogen) atoms. The van der Waals surface area contributed by atoms with Gasteiger partial charge >= 0.3 is 6.18 Å². The SMILES string of the molecule is C=CC(O)c1cc(C(F)(F)F)ccc1OC. The highest BCUT2D eigenvalue weighted by Crippen LogP contribution is 2.34. The van der Waals surface area contributed by atoms with Crippen LogP contribution in [-0.2, 0) is 6.18 Å². The number of methoxy groups -OCH3 is 1. The fraction of sp³-hybridized carbons (Fsp3) is 0.273. The summed E-state index contributed by atoms with van der Waals surface area (Å²) in [6.07, 6.45) is -4.49. The van der Waals surface area contributed by atoms with Gasteiger partial charge in [-0.3, -0.25) is 0 Å². The van der Waals surface area contributed by atoms with Crippen molar-refractivity contribution in [2.75, 3.05) is 7.11 Å². The van der Waals surface area contributed by atoms with Gasteiger partial charge in [-0.05, 0) is 18.2 Å². The minimum Gasteiger partial charge on any atom is -0.496 e. The van der Waals surface area contributed by atoms with Crippen molar-refractivity contribution >= 4 is 0 Å². The van der Waals surface area contributed by atoms with Crippen molar-refractivity contribution < 1.29 is 23.0 Å². The van der Waals surface area contributed by atoms with Gasteiger partial charge in [-0.2, -0.15) is 13.2 Å². The molecule has 1 unspecified atom stereocenters. The van der Waals surface area contributed by atoms with E-state index in [9.17, 15) is 18.3 Å². The summed E-state index contributed by atoms with van der Waals surface area (Å²) in [5, 5.41) is 9.47. The second-order valence-electron chi connectivity index (χ2n) is 3.14. The van der Waals surface area contributed by atoms with E-state index in [-0.39, 0.29) is 11.3 Å². The zero-order valence-corrected chi connectivity index (χ0v) is 8.58. The Bertz CT molecular complexity index is 385. The first-order valence-electron chi connectivity index (χ1n) is 4.46. The molecule has 0 amide bonds. The van der Waals surface area contributed by atoms with Crippen LogP contribution in [0.3, 0.4) is 0 Å². The van der Waals surface area contributed by atoms with E-state index in [1.54, 1.807) is 0 Å². The van der Waals surface area contributed by atoms with Gasteiger partial charge in [-0.25, -0.2) is 0 Å². The lowest BCUT2D eigenvalue weighted by atomic mass is 10.0. The topological polar surface area (TPSA) is 29.5 Å². The molecule has 0 saturated heterocycles. The average Bonchev–Trinajstić information content (AvgIpc) is 2.25. The second kappa shape index (κ2) is 4.57. The third-order valence-electron chi connectivity index (χ3n) is 2.10. The van der Waals surface area contributed by atoms with Gasteiger partial charge in [0.2, 0.25) is 0 Å². The van der Waals surface area contributed by atoms with Crippen LogP contribution in [0.15, 0.2) is 30.9 Å². The summed E-state index contributed by atoms with van der Waals surface area (Å²) < 4.78 is 42.1. The van der Waals surface area contributed by atoms with Crippen LogP contribution >= 0.6 is 0 Å². The molecule has 1 atom stereocenters. The van der Waals surface area contributed by atoms with Gasteiger partial charge in [0.15, 0.2) is 0 Å². The van der Waals surface area contributed by atoms with Crippen LogP contribution in [0.25, 0.3) is 0 Å². The summed E-state index contributed by atoms with van der Waals surface area (Å²) in [7, 11) is 1.32. The summed E-state index contributed by atoms with van der Waals surface area (Å²) >= 11 is 0. The Morgan fingerprint density at radius 1 is 1.44 bits per heavy atom. The fourth-order valence-corrected chi connectivity index (χ4v) is 1.27. The Morgan fingerprint density at radius 3 is 2.50 bits per heavy atom. The van der Waals surface area contributed by atoms with Crippen LogP contribution in [0.4, 0.5) is 13.2 Å². The van der Waals surface area contributed by atoms with Crippen molar-refractivity contribution in [1.29, 1.82) is 0 Å². The molecule has 1 aromatic rings. The number of aliphatic hydroxyl groups excluding tert-OH is 1. The lowest BCUT2D eigenvalue weighted by Gasteiger charge is -2.14. The maximum absolute atomic E-state index is 12.4. The predicted molar refractivity (Wildman–Crippen MR) is 53.2 cm³/mol. The van der Waals surface area contributed by atoms with Crippen molar-refractivity contribution in [3.63, 3.8) is 0 Å². The van der Waals surface area contributed by atoms with E-state index in [1.165, 1.54) is 13.2 Å². The van der Waals surface area contributed by atoms with E-state index in [1.807, 2.05) is 0 Å². The van der Waals surface area contributed by atoms with Crippen molar-refractivity contribution in [2.45, 2.75) is 12.3 Å². The highest BCUT2D eigenvalue weighted by Gasteiger charge is 2.31. The zero-order chi connectivity index (χ0) is 12.3. The van der Waals surface area contributed by atoms with Gasteiger partial charge in [0, 0.05) is 5.56 Å². The lowest BCUT2D eigenvalue weighted by molar-refractivity contribution is -0.137. The van der Waals surface area contributed by atoms with Gasteiger partial charge in [0.05, 0.1) is 12.7 Å². The van der Waals surface area contributed by atoms with Crippen LogP contribution in [-0.4, -0.2) is 12.2 Å². The molecule has 2 nitrogen and oxygen atoms in total. The second-order valence-corrected chi connectivity index (χ2v) is 3.14. The molecule has 0 saturated carbocycles. The van der Waals surface area contributed by atoms with Gasteiger partial charge in [-0.1, -0.05) is 6.08 Å². The molecule has 88 valence electrons. The molecule has 1 aromatic carbocycles. The van der Waals surface area contributed by atoms with Crippen molar-refractivity contribution in [2.24, 2.45) is 0 Å². The molecule has 5 heteroatoms. The van der Waals surface area contributed by atoms with Crippen molar-refractivity contribution in [3.8, 4) is 5.75 Å². The minimum atomic E-state index is -4.44. The van der Waals surface area contributed by atoms with Crippen LogP contribution in [0.1, 0.15) is 17.2 Å². The van der Waals surface area contributed by atoms with E-state index in [2.05, 4.69) is 6.58 Å². The monoisotopic (exact) mass is 232 g/mol. The summed E-state index contributed by atoms with van der Waals surface area (Å²) in [6.45, 7) is 3.32. The quantitative estimate of drug-likeness (QED) is 0.812. The zero-order valence-electron chi connectivity index (χ0n) is 8.58. The molecule has 0 aliphatic carbocycles. The molecule has 0 bridgehead atoms. The Hall–Kier alpha value is -1.49. The van der Waals surface area contributed by atoms with E-state index in [4.69, 9.17) is 4.74 Å². The summed E-state index contributed by atoms with van der Waals surface area (Å²) in [4.78, 5) is 0. The standard InChI is InChI=1S/C11H11F3O2/c1-3-9(15)8-6-7(11(12,13)14)4-5-10(8)16-2/h3-6,9,15H,1H2,2H3. The summed E-state index contributed by atoms with van der Waals surface area (Å²) in [5.74, 6) is 0.195.